The minimum Gasteiger partial charge on any atom is -0.303 e. The first-order chi connectivity index (χ1) is 11.2. The zero-order valence-corrected chi connectivity index (χ0v) is 12.9. The number of aryl methyl sites for hydroxylation is 1. The molecule has 3 aromatic rings. The highest BCUT2D eigenvalue weighted by molar-refractivity contribution is 6.04. The number of amides is 1. The summed E-state index contributed by atoms with van der Waals surface area (Å²) in [7, 11) is 0. The van der Waals surface area contributed by atoms with E-state index in [1.54, 1.807) is 11.1 Å². The summed E-state index contributed by atoms with van der Waals surface area (Å²) in [6.45, 7) is 2.51. The molecule has 0 fully saturated rings. The molecule has 0 saturated carbocycles. The lowest BCUT2D eigenvalue weighted by molar-refractivity contribution is 0.0980. The fourth-order valence-electron chi connectivity index (χ4n) is 2.32. The lowest BCUT2D eigenvalue weighted by Crippen LogP contribution is -2.31. The number of aromatic nitrogens is 2. The zero-order valence-electron chi connectivity index (χ0n) is 12.9. The van der Waals surface area contributed by atoms with Crippen LogP contribution in [0.5, 0.6) is 0 Å². The van der Waals surface area contributed by atoms with Gasteiger partial charge in [0.2, 0.25) is 0 Å². The summed E-state index contributed by atoms with van der Waals surface area (Å²) >= 11 is 0. The van der Waals surface area contributed by atoms with Crippen molar-refractivity contribution in [2.75, 3.05) is 4.90 Å². The van der Waals surface area contributed by atoms with Gasteiger partial charge in [-0.05, 0) is 24.6 Å². The fraction of sp³-hybridized carbons (Fsp3) is 0.105. The largest absolute Gasteiger partial charge is 0.303 e. The first-order valence-corrected chi connectivity index (χ1v) is 7.42. The summed E-state index contributed by atoms with van der Waals surface area (Å²) in [6.07, 6.45) is 4.59. The molecule has 0 atom stereocenters. The second-order valence-corrected chi connectivity index (χ2v) is 5.30. The third kappa shape index (κ3) is 3.61. The maximum Gasteiger partial charge on any atom is 0.278 e. The van der Waals surface area contributed by atoms with Crippen molar-refractivity contribution < 1.29 is 4.79 Å². The standard InChI is InChI=1S/C19H17N3O/c1-15-7-9-17(10-8-15)22(14-16-5-3-2-4-6-16)19(23)18-13-20-11-12-21-18/h2-13H,14H2,1H3. The van der Waals surface area contributed by atoms with Gasteiger partial charge in [0.05, 0.1) is 12.7 Å². The molecule has 2 aromatic carbocycles. The van der Waals surface area contributed by atoms with E-state index in [1.165, 1.54) is 12.4 Å². The lowest BCUT2D eigenvalue weighted by atomic mass is 10.1. The van der Waals surface area contributed by atoms with Crippen LogP contribution < -0.4 is 4.90 Å². The monoisotopic (exact) mass is 303 g/mol. The van der Waals surface area contributed by atoms with Crippen LogP contribution in [0.2, 0.25) is 0 Å². The van der Waals surface area contributed by atoms with Crippen molar-refractivity contribution in [1.29, 1.82) is 0 Å². The van der Waals surface area contributed by atoms with Crippen LogP contribution in [0.3, 0.4) is 0 Å². The van der Waals surface area contributed by atoms with Crippen LogP contribution >= 0.6 is 0 Å². The molecule has 0 bridgehead atoms. The number of hydrogen-bond acceptors (Lipinski definition) is 3. The highest BCUT2D eigenvalue weighted by Crippen LogP contribution is 2.20. The molecule has 0 spiro atoms. The smallest absolute Gasteiger partial charge is 0.278 e. The van der Waals surface area contributed by atoms with Crippen LogP contribution in [0, 0.1) is 6.92 Å². The van der Waals surface area contributed by atoms with Crippen LogP contribution in [-0.4, -0.2) is 15.9 Å². The Morgan fingerprint density at radius 3 is 2.39 bits per heavy atom. The number of carbonyl (C=O) groups excluding carboxylic acids is 1. The van der Waals surface area contributed by atoms with Gasteiger partial charge >= 0.3 is 0 Å². The van der Waals surface area contributed by atoms with Crippen molar-refractivity contribution in [1.82, 2.24) is 9.97 Å². The minimum absolute atomic E-state index is 0.161. The van der Waals surface area contributed by atoms with Crippen LogP contribution in [0.25, 0.3) is 0 Å². The number of rotatable bonds is 4. The summed E-state index contributed by atoms with van der Waals surface area (Å²) in [4.78, 5) is 22.7. The number of anilines is 1. The molecule has 1 amide bonds. The average molecular weight is 303 g/mol. The van der Waals surface area contributed by atoms with E-state index in [0.29, 0.717) is 12.2 Å². The van der Waals surface area contributed by atoms with Gasteiger partial charge in [0, 0.05) is 18.1 Å². The summed E-state index contributed by atoms with van der Waals surface area (Å²) in [5, 5.41) is 0. The Hall–Kier alpha value is -3.01. The van der Waals surface area contributed by atoms with E-state index in [9.17, 15) is 4.79 Å². The van der Waals surface area contributed by atoms with E-state index >= 15 is 0 Å². The molecule has 0 N–H and O–H groups in total. The number of nitrogens with zero attached hydrogens (tertiary/aromatic N) is 3. The van der Waals surface area contributed by atoms with Crippen molar-refractivity contribution in [3.05, 3.63) is 90.0 Å². The third-order valence-electron chi connectivity index (χ3n) is 3.56. The molecule has 0 aliphatic rings. The van der Waals surface area contributed by atoms with Crippen molar-refractivity contribution in [2.24, 2.45) is 0 Å². The Balaban J connectivity index is 1.96. The highest BCUT2D eigenvalue weighted by atomic mass is 16.2. The Kier molecular flexibility index (Phi) is 4.43. The minimum atomic E-state index is -0.161. The van der Waals surface area contributed by atoms with Gasteiger partial charge in [0.1, 0.15) is 5.69 Å². The predicted octanol–water partition coefficient (Wildman–Crippen LogP) is 3.63. The maximum atomic E-state index is 12.9. The Morgan fingerprint density at radius 1 is 1.00 bits per heavy atom. The molecular weight excluding hydrogens is 286 g/mol. The quantitative estimate of drug-likeness (QED) is 0.739. The van der Waals surface area contributed by atoms with Crippen molar-refractivity contribution in [3.63, 3.8) is 0 Å². The SMILES string of the molecule is Cc1ccc(N(Cc2ccccc2)C(=O)c2cnccn2)cc1. The van der Waals surface area contributed by atoms with Gasteiger partial charge in [-0.2, -0.15) is 0 Å². The molecule has 0 aliphatic carbocycles. The molecule has 0 radical (unpaired) electrons. The Morgan fingerprint density at radius 2 is 1.74 bits per heavy atom. The van der Waals surface area contributed by atoms with Crippen molar-refractivity contribution in [3.8, 4) is 0 Å². The van der Waals surface area contributed by atoms with Crippen LogP contribution in [0.1, 0.15) is 21.6 Å². The van der Waals surface area contributed by atoms with Gasteiger partial charge in [-0.3, -0.25) is 9.78 Å². The van der Waals surface area contributed by atoms with Gasteiger partial charge < -0.3 is 4.90 Å². The fourth-order valence-corrected chi connectivity index (χ4v) is 2.32. The van der Waals surface area contributed by atoms with Gasteiger partial charge in [-0.25, -0.2) is 4.98 Å². The number of hydrogen-bond donors (Lipinski definition) is 0. The van der Waals surface area contributed by atoms with Crippen LogP contribution in [-0.2, 0) is 6.54 Å². The highest BCUT2D eigenvalue weighted by Gasteiger charge is 2.19. The molecule has 23 heavy (non-hydrogen) atoms. The van der Waals surface area contributed by atoms with E-state index in [2.05, 4.69) is 9.97 Å². The first kappa shape index (κ1) is 14.9. The second kappa shape index (κ2) is 6.83. The van der Waals surface area contributed by atoms with E-state index in [4.69, 9.17) is 0 Å². The average Bonchev–Trinajstić information content (AvgIpc) is 2.62. The van der Waals surface area contributed by atoms with Gasteiger partial charge in [-0.15, -0.1) is 0 Å². The molecule has 0 saturated heterocycles. The van der Waals surface area contributed by atoms with E-state index in [1.807, 2.05) is 61.5 Å². The van der Waals surface area contributed by atoms with Gasteiger partial charge in [-0.1, -0.05) is 48.0 Å². The molecule has 1 heterocycles. The molecule has 1 aromatic heterocycles. The van der Waals surface area contributed by atoms with E-state index in [0.717, 1.165) is 16.8 Å². The zero-order chi connectivity index (χ0) is 16.1. The molecule has 4 nitrogen and oxygen atoms in total. The van der Waals surface area contributed by atoms with Crippen LogP contribution in [0.15, 0.2) is 73.2 Å². The molecular formula is C19H17N3O. The molecule has 114 valence electrons. The van der Waals surface area contributed by atoms with E-state index < -0.39 is 0 Å². The maximum absolute atomic E-state index is 12.9. The predicted molar refractivity (Wildman–Crippen MR) is 90.2 cm³/mol. The second-order valence-electron chi connectivity index (χ2n) is 5.30. The molecule has 0 aliphatic heterocycles. The molecule has 0 unspecified atom stereocenters. The number of carbonyl (C=O) groups is 1. The lowest BCUT2D eigenvalue weighted by Gasteiger charge is -2.22. The van der Waals surface area contributed by atoms with Crippen molar-refractivity contribution in [2.45, 2.75) is 13.5 Å². The number of benzene rings is 2. The molecule has 4 heteroatoms. The summed E-state index contributed by atoms with van der Waals surface area (Å²) in [5.74, 6) is -0.161. The summed E-state index contributed by atoms with van der Waals surface area (Å²) < 4.78 is 0. The van der Waals surface area contributed by atoms with E-state index in [-0.39, 0.29) is 5.91 Å². The van der Waals surface area contributed by atoms with Crippen molar-refractivity contribution >= 4 is 11.6 Å². The Bertz CT molecular complexity index is 771. The normalized spacial score (nSPS) is 10.3. The summed E-state index contributed by atoms with van der Waals surface area (Å²) in [5.41, 5.74) is 3.39. The van der Waals surface area contributed by atoms with Gasteiger partial charge in [0.25, 0.3) is 5.91 Å². The molecule has 3 rings (SSSR count). The Labute approximate surface area is 135 Å². The summed E-state index contributed by atoms with van der Waals surface area (Å²) in [6, 6.07) is 17.8. The van der Waals surface area contributed by atoms with Gasteiger partial charge in [0.15, 0.2) is 0 Å². The third-order valence-corrected chi connectivity index (χ3v) is 3.56. The van der Waals surface area contributed by atoms with Crippen LogP contribution in [0.4, 0.5) is 5.69 Å². The topological polar surface area (TPSA) is 46.1 Å². The first-order valence-electron chi connectivity index (χ1n) is 7.42.